The molecule has 2 rings (SSSR count). The molecule has 3 atom stereocenters. The Bertz CT molecular complexity index is 1950. The van der Waals surface area contributed by atoms with Crippen LogP contribution in [-0.2, 0) is 82.6 Å². The third-order valence-electron chi connectivity index (χ3n) is 9.77. The van der Waals surface area contributed by atoms with E-state index < -0.39 is 58.6 Å². The molecule has 442 valence electrons. The van der Waals surface area contributed by atoms with Crippen molar-refractivity contribution in [1.82, 2.24) is 16.0 Å². The van der Waals surface area contributed by atoms with Gasteiger partial charge in [0.05, 0.1) is 144 Å². The molecule has 0 fully saturated rings. The first-order valence-electron chi connectivity index (χ1n) is 25.5. The Labute approximate surface area is 460 Å². The number of ether oxygens (including phenoxy) is 14. The zero-order chi connectivity index (χ0) is 57.1. The van der Waals surface area contributed by atoms with Crippen LogP contribution in [0.3, 0.4) is 0 Å². The van der Waals surface area contributed by atoms with E-state index in [4.69, 9.17) is 66.3 Å². The molecule has 26 nitrogen and oxygen atoms in total. The van der Waals surface area contributed by atoms with Gasteiger partial charge in [-0.3, -0.25) is 24.5 Å². The van der Waals surface area contributed by atoms with Gasteiger partial charge in [-0.1, -0.05) is 12.1 Å². The Balaban J connectivity index is 1.51. The minimum Gasteiger partial charge on any atom is -0.444 e. The molecule has 2 aromatic rings. The fourth-order valence-corrected chi connectivity index (χ4v) is 6.67. The quantitative estimate of drug-likeness (QED) is 0.0241. The number of benzene rings is 2. The van der Waals surface area contributed by atoms with E-state index in [2.05, 4.69) is 21.3 Å². The summed E-state index contributed by atoms with van der Waals surface area (Å²) in [4.78, 5) is 74.3. The van der Waals surface area contributed by atoms with Gasteiger partial charge in [-0.05, 0) is 64.4 Å². The number of hydrogen-bond acceptors (Lipinski definition) is 22. The Morgan fingerprint density at radius 3 is 1.38 bits per heavy atom. The molecule has 0 spiro atoms. The van der Waals surface area contributed by atoms with Crippen LogP contribution in [0, 0.1) is 10.1 Å². The zero-order valence-corrected chi connectivity index (χ0v) is 46.6. The first-order valence-corrected chi connectivity index (χ1v) is 26.7. The molecule has 0 saturated heterocycles. The number of nitro groups is 1. The van der Waals surface area contributed by atoms with Crippen molar-refractivity contribution >= 4 is 53.1 Å². The molecule has 27 heteroatoms. The van der Waals surface area contributed by atoms with Crippen LogP contribution in [0.15, 0.2) is 48.5 Å². The van der Waals surface area contributed by atoms with Gasteiger partial charge in [0.15, 0.2) is 0 Å². The SMILES string of the molecule is COCCOCCOCCOCCOCCOCCOCCOCCOCCOCCOCCSC[C@H](NC(=O)OC(C)(C)C)C(=O)N[C@@H](C)C(=O)N[C@@H](C)C(=O)Nc1ccc(COC(=O)Oc2ccc([N+](=O)[O-])cc2)cc1. The lowest BCUT2D eigenvalue weighted by Gasteiger charge is -2.24. The Morgan fingerprint density at radius 1 is 0.551 bits per heavy atom. The Hall–Kier alpha value is -5.30. The number of alkyl carbamates (subject to hydrolysis) is 1. The number of rotatable bonds is 46. The number of methoxy groups -OCH3 is 1. The summed E-state index contributed by atoms with van der Waals surface area (Å²) >= 11 is 1.35. The van der Waals surface area contributed by atoms with E-state index in [9.17, 15) is 34.1 Å². The van der Waals surface area contributed by atoms with Crippen LogP contribution in [-0.4, -0.2) is 216 Å². The summed E-state index contributed by atoms with van der Waals surface area (Å²) in [6.45, 7) is 17.3. The predicted octanol–water partition coefficient (Wildman–Crippen LogP) is 3.70. The highest BCUT2D eigenvalue weighted by Crippen LogP contribution is 2.18. The highest BCUT2D eigenvalue weighted by atomic mass is 32.2. The number of anilines is 1. The van der Waals surface area contributed by atoms with E-state index in [0.717, 1.165) is 0 Å². The fourth-order valence-electron chi connectivity index (χ4n) is 5.80. The van der Waals surface area contributed by atoms with Gasteiger partial charge in [-0.15, -0.1) is 0 Å². The van der Waals surface area contributed by atoms with E-state index in [-0.39, 0.29) is 23.8 Å². The average Bonchev–Trinajstić information content (AvgIpc) is 3.40. The molecule has 78 heavy (non-hydrogen) atoms. The van der Waals surface area contributed by atoms with Crippen molar-refractivity contribution in [2.75, 3.05) is 163 Å². The van der Waals surface area contributed by atoms with Gasteiger partial charge in [0.2, 0.25) is 17.7 Å². The molecular weight excluding hydrogens is 1050 g/mol. The van der Waals surface area contributed by atoms with Crippen molar-refractivity contribution in [2.45, 2.75) is 65.0 Å². The van der Waals surface area contributed by atoms with Crippen LogP contribution in [0.4, 0.5) is 21.0 Å². The smallest absolute Gasteiger partial charge is 0.444 e. The van der Waals surface area contributed by atoms with Crippen molar-refractivity contribution in [3.63, 3.8) is 0 Å². The second kappa shape index (κ2) is 43.6. The summed E-state index contributed by atoms with van der Waals surface area (Å²) in [5.41, 5.74) is -0.0345. The molecule has 2 aromatic carbocycles. The number of hydrogen-bond donors (Lipinski definition) is 4. The average molecular weight is 1130 g/mol. The molecule has 0 aliphatic carbocycles. The summed E-state index contributed by atoms with van der Waals surface area (Å²) < 4.78 is 75.2. The minimum atomic E-state index is -1.09. The largest absolute Gasteiger partial charge is 0.514 e. The van der Waals surface area contributed by atoms with Gasteiger partial charge in [-0.25, -0.2) is 9.59 Å². The molecule has 0 radical (unpaired) electrons. The maximum atomic E-state index is 13.4. The molecule has 0 saturated carbocycles. The number of nitro benzene ring substituents is 1. The lowest BCUT2D eigenvalue weighted by atomic mass is 10.2. The number of non-ortho nitro benzene ring substituents is 1. The molecule has 0 bridgehead atoms. The molecule has 0 aliphatic heterocycles. The third kappa shape index (κ3) is 36.7. The van der Waals surface area contributed by atoms with Crippen LogP contribution in [0.25, 0.3) is 0 Å². The summed E-state index contributed by atoms with van der Waals surface area (Å²) in [6.07, 6.45) is -1.83. The molecular formula is C51H81N5O21S. The first-order chi connectivity index (χ1) is 37.6. The zero-order valence-electron chi connectivity index (χ0n) is 45.8. The van der Waals surface area contributed by atoms with Crippen molar-refractivity contribution in [3.05, 3.63) is 64.2 Å². The highest BCUT2D eigenvalue weighted by Gasteiger charge is 2.28. The van der Waals surface area contributed by atoms with Crippen LogP contribution in [0.1, 0.15) is 40.2 Å². The second-order valence-corrected chi connectivity index (χ2v) is 18.6. The number of thioether (sulfide) groups is 1. The summed E-state index contributed by atoms with van der Waals surface area (Å²) in [7, 11) is 1.63. The number of amides is 4. The molecule has 4 amide bonds. The van der Waals surface area contributed by atoms with Crippen molar-refractivity contribution in [3.8, 4) is 5.75 Å². The van der Waals surface area contributed by atoms with Crippen LogP contribution < -0.4 is 26.0 Å². The van der Waals surface area contributed by atoms with E-state index in [1.807, 2.05) is 0 Å². The van der Waals surface area contributed by atoms with Crippen LogP contribution in [0.2, 0.25) is 0 Å². The maximum absolute atomic E-state index is 13.4. The topological polar surface area (TPSA) is 306 Å². The predicted molar refractivity (Wildman–Crippen MR) is 285 cm³/mol. The lowest BCUT2D eigenvalue weighted by molar-refractivity contribution is -0.384. The maximum Gasteiger partial charge on any atom is 0.514 e. The first kappa shape index (κ1) is 68.8. The van der Waals surface area contributed by atoms with E-state index >= 15 is 0 Å². The summed E-state index contributed by atoms with van der Waals surface area (Å²) in [5, 5.41) is 21.2. The van der Waals surface area contributed by atoms with Crippen molar-refractivity contribution in [2.24, 2.45) is 0 Å². The fraction of sp³-hybridized carbons (Fsp3) is 0.667. The number of nitrogens with zero attached hydrogens (tertiary/aromatic N) is 1. The van der Waals surface area contributed by atoms with Crippen LogP contribution >= 0.6 is 11.8 Å². The molecule has 0 aromatic heterocycles. The standard InChI is InChI=1S/C51H81N5O21S/c1-39(46(57)52-40(2)47(58)54-42-9-7-41(8-10-42)37-75-50(61)76-44-13-11-43(12-14-44)56(62)63)53-48(59)45(55-49(60)77-51(3,4)5)38-78-36-35-74-34-33-73-32-31-72-30-29-71-28-27-70-26-25-69-24-23-68-22-21-67-20-19-66-18-17-65-16-15-64-6/h7-14,39-40,45H,15-38H2,1-6H3,(H,52,57)(H,53,59)(H,54,58)(H,55,60)/t39-,40-,45-/m0/s1. The van der Waals surface area contributed by atoms with Gasteiger partial charge >= 0.3 is 12.2 Å². The molecule has 4 N–H and O–H groups in total. The van der Waals surface area contributed by atoms with E-state index in [0.29, 0.717) is 156 Å². The molecule has 0 aliphatic rings. The molecule has 0 heterocycles. The number of carbonyl (C=O) groups is 5. The van der Waals surface area contributed by atoms with E-state index in [1.165, 1.54) is 49.9 Å². The monoisotopic (exact) mass is 1130 g/mol. The van der Waals surface area contributed by atoms with Crippen LogP contribution in [0.5, 0.6) is 5.75 Å². The van der Waals surface area contributed by atoms with E-state index in [1.54, 1.807) is 52.1 Å². The lowest BCUT2D eigenvalue weighted by Crippen LogP contribution is -2.55. The number of nitrogens with one attached hydrogen (secondary N) is 4. The van der Waals surface area contributed by atoms with Gasteiger partial charge in [0.25, 0.3) is 5.69 Å². The van der Waals surface area contributed by atoms with Gasteiger partial charge < -0.3 is 87.6 Å². The van der Waals surface area contributed by atoms with Gasteiger partial charge in [0.1, 0.15) is 36.1 Å². The van der Waals surface area contributed by atoms with Gasteiger partial charge in [0, 0.05) is 36.4 Å². The van der Waals surface area contributed by atoms with Gasteiger partial charge in [-0.2, -0.15) is 11.8 Å². The summed E-state index contributed by atoms with van der Waals surface area (Å²) in [5.74, 6) is -1.15. The Kier molecular flexibility index (Phi) is 38.4. The van der Waals surface area contributed by atoms with Crippen molar-refractivity contribution < 1.29 is 95.2 Å². The Morgan fingerprint density at radius 2 is 0.962 bits per heavy atom. The minimum absolute atomic E-state index is 0.0671. The van der Waals surface area contributed by atoms with Crippen molar-refractivity contribution in [1.29, 1.82) is 0 Å². The third-order valence-corrected chi connectivity index (χ3v) is 10.8. The highest BCUT2D eigenvalue weighted by molar-refractivity contribution is 7.99. The normalized spacial score (nSPS) is 12.5. The summed E-state index contributed by atoms with van der Waals surface area (Å²) in [6, 6.07) is 8.05. The molecule has 0 unspecified atom stereocenters. The second-order valence-electron chi connectivity index (χ2n) is 17.4. The number of carbonyl (C=O) groups excluding carboxylic acids is 5.